The third kappa shape index (κ3) is 2.36. The van der Waals surface area contributed by atoms with Gasteiger partial charge in [-0.2, -0.15) is 0 Å². The van der Waals surface area contributed by atoms with Crippen molar-refractivity contribution < 1.29 is 0 Å². The largest absolute Gasteiger partial charge is 0.399 e. The highest BCUT2D eigenvalue weighted by atomic mass is 15.0. The van der Waals surface area contributed by atoms with Crippen LogP contribution in [0.2, 0.25) is 0 Å². The number of benzene rings is 2. The summed E-state index contributed by atoms with van der Waals surface area (Å²) in [7, 11) is 0. The van der Waals surface area contributed by atoms with E-state index in [1.807, 2.05) is 42.5 Å². The van der Waals surface area contributed by atoms with Gasteiger partial charge in [-0.1, -0.05) is 18.2 Å². The molecule has 0 aliphatic rings. The number of fused-ring (bicyclic) bond motifs is 1. The van der Waals surface area contributed by atoms with Gasteiger partial charge in [-0.3, -0.25) is 0 Å². The number of hydrogen-bond acceptors (Lipinski definition) is 3. The van der Waals surface area contributed by atoms with Gasteiger partial charge in [0.15, 0.2) is 0 Å². The molecule has 2 aromatic carbocycles. The summed E-state index contributed by atoms with van der Waals surface area (Å²) in [6.07, 6.45) is 0. The van der Waals surface area contributed by atoms with Gasteiger partial charge in [0.05, 0.1) is 5.52 Å². The minimum Gasteiger partial charge on any atom is -0.399 e. The van der Waals surface area contributed by atoms with Crippen molar-refractivity contribution in [1.29, 1.82) is 0 Å². The zero-order valence-corrected chi connectivity index (χ0v) is 10.7. The lowest BCUT2D eigenvalue weighted by Crippen LogP contribution is -1.97. The van der Waals surface area contributed by atoms with E-state index < -0.39 is 0 Å². The van der Waals surface area contributed by atoms with Crippen LogP contribution in [0.5, 0.6) is 0 Å². The number of pyridine rings is 1. The minimum atomic E-state index is 0.758. The number of aryl methyl sites for hydroxylation is 1. The van der Waals surface area contributed by atoms with Crippen molar-refractivity contribution in [2.24, 2.45) is 0 Å². The van der Waals surface area contributed by atoms with Crippen molar-refractivity contribution in [1.82, 2.24) is 4.98 Å². The molecule has 0 bridgehead atoms. The average Bonchev–Trinajstić information content (AvgIpc) is 2.42. The lowest BCUT2D eigenvalue weighted by Gasteiger charge is -2.10. The Morgan fingerprint density at radius 1 is 1.00 bits per heavy atom. The van der Waals surface area contributed by atoms with Gasteiger partial charge in [-0.25, -0.2) is 4.98 Å². The van der Waals surface area contributed by atoms with Crippen LogP contribution in [0.25, 0.3) is 10.9 Å². The van der Waals surface area contributed by atoms with Gasteiger partial charge in [-0.15, -0.1) is 0 Å². The number of nitrogens with two attached hydrogens (primary N) is 1. The zero-order valence-electron chi connectivity index (χ0n) is 10.7. The van der Waals surface area contributed by atoms with Crippen LogP contribution >= 0.6 is 0 Å². The van der Waals surface area contributed by atoms with Crippen LogP contribution in [-0.4, -0.2) is 4.98 Å². The summed E-state index contributed by atoms with van der Waals surface area (Å²) in [5.41, 5.74) is 9.54. The molecule has 94 valence electrons. The second-order valence-corrected chi connectivity index (χ2v) is 4.59. The van der Waals surface area contributed by atoms with Crippen molar-refractivity contribution in [2.75, 3.05) is 11.1 Å². The quantitative estimate of drug-likeness (QED) is 0.678. The SMILES string of the molecule is Cc1cc2ccccc2nc1Nc1ccc(N)cc1. The van der Waals surface area contributed by atoms with Crippen LogP contribution in [0, 0.1) is 6.92 Å². The Labute approximate surface area is 112 Å². The standard InChI is InChI=1S/C16H15N3/c1-11-10-12-4-2-3-5-15(12)19-16(11)18-14-8-6-13(17)7-9-14/h2-10H,17H2,1H3,(H,18,19). The molecule has 0 radical (unpaired) electrons. The molecule has 3 N–H and O–H groups in total. The Bertz CT molecular complexity index is 718. The van der Waals surface area contributed by atoms with Crippen LogP contribution in [0.3, 0.4) is 0 Å². The lowest BCUT2D eigenvalue weighted by molar-refractivity contribution is 1.31. The number of nitrogens with zero attached hydrogens (tertiary/aromatic N) is 1. The molecule has 3 aromatic rings. The first kappa shape index (κ1) is 11.5. The van der Waals surface area contributed by atoms with E-state index in [0.717, 1.165) is 33.7 Å². The molecule has 0 aliphatic carbocycles. The summed E-state index contributed by atoms with van der Waals surface area (Å²) in [5.74, 6) is 0.878. The predicted molar refractivity (Wildman–Crippen MR) is 80.6 cm³/mol. The van der Waals surface area contributed by atoms with E-state index in [4.69, 9.17) is 5.73 Å². The van der Waals surface area contributed by atoms with Gasteiger partial charge in [0, 0.05) is 16.8 Å². The number of hydrogen-bond donors (Lipinski definition) is 2. The number of para-hydroxylation sites is 1. The van der Waals surface area contributed by atoms with E-state index in [9.17, 15) is 0 Å². The fraction of sp³-hybridized carbons (Fsp3) is 0.0625. The Hall–Kier alpha value is -2.55. The van der Waals surface area contributed by atoms with E-state index in [1.165, 1.54) is 0 Å². The maximum Gasteiger partial charge on any atom is 0.134 e. The van der Waals surface area contributed by atoms with Gasteiger partial charge in [0.1, 0.15) is 5.82 Å². The monoisotopic (exact) mass is 249 g/mol. The highest BCUT2D eigenvalue weighted by Gasteiger charge is 2.03. The first-order chi connectivity index (χ1) is 9.22. The third-order valence-electron chi connectivity index (χ3n) is 3.09. The van der Waals surface area contributed by atoms with Crippen LogP contribution in [0.15, 0.2) is 54.6 Å². The van der Waals surface area contributed by atoms with Gasteiger partial charge in [0.25, 0.3) is 0 Å². The predicted octanol–water partition coefficient (Wildman–Crippen LogP) is 3.87. The fourth-order valence-electron chi connectivity index (χ4n) is 2.05. The van der Waals surface area contributed by atoms with Crippen molar-refractivity contribution in [2.45, 2.75) is 6.92 Å². The molecule has 19 heavy (non-hydrogen) atoms. The number of aromatic nitrogens is 1. The van der Waals surface area contributed by atoms with Crippen molar-refractivity contribution in [3.8, 4) is 0 Å². The Morgan fingerprint density at radius 3 is 2.53 bits per heavy atom. The number of nitrogens with one attached hydrogen (secondary N) is 1. The maximum atomic E-state index is 5.68. The van der Waals surface area contributed by atoms with Crippen LogP contribution in [0.4, 0.5) is 17.2 Å². The maximum absolute atomic E-state index is 5.68. The molecule has 3 heteroatoms. The average molecular weight is 249 g/mol. The first-order valence-corrected chi connectivity index (χ1v) is 6.21. The molecular formula is C16H15N3. The molecule has 0 saturated carbocycles. The van der Waals surface area contributed by atoms with Crippen molar-refractivity contribution in [3.63, 3.8) is 0 Å². The van der Waals surface area contributed by atoms with Crippen LogP contribution < -0.4 is 11.1 Å². The summed E-state index contributed by atoms with van der Waals surface area (Å²) in [6.45, 7) is 2.05. The molecule has 3 rings (SSSR count). The normalized spacial score (nSPS) is 10.6. The van der Waals surface area contributed by atoms with Crippen LogP contribution in [0.1, 0.15) is 5.56 Å². The molecule has 0 saturated heterocycles. The van der Waals surface area contributed by atoms with E-state index in [0.29, 0.717) is 0 Å². The molecule has 0 spiro atoms. The number of anilines is 3. The minimum absolute atomic E-state index is 0.758. The Kier molecular flexibility index (Phi) is 2.80. The summed E-state index contributed by atoms with van der Waals surface area (Å²) < 4.78 is 0. The molecule has 0 amide bonds. The fourth-order valence-corrected chi connectivity index (χ4v) is 2.05. The van der Waals surface area contributed by atoms with Gasteiger partial charge < -0.3 is 11.1 Å². The molecule has 0 unspecified atom stereocenters. The van der Waals surface area contributed by atoms with E-state index >= 15 is 0 Å². The van der Waals surface area contributed by atoms with Gasteiger partial charge in [0.2, 0.25) is 0 Å². The highest BCUT2D eigenvalue weighted by molar-refractivity contribution is 5.82. The van der Waals surface area contributed by atoms with Crippen molar-refractivity contribution in [3.05, 3.63) is 60.2 Å². The first-order valence-electron chi connectivity index (χ1n) is 6.21. The molecule has 1 heterocycles. The Morgan fingerprint density at radius 2 is 1.74 bits per heavy atom. The molecule has 1 aromatic heterocycles. The summed E-state index contributed by atoms with van der Waals surface area (Å²) in [5, 5.41) is 4.48. The second kappa shape index (κ2) is 4.61. The van der Waals surface area contributed by atoms with E-state index in [2.05, 4.69) is 29.4 Å². The number of nitrogen functional groups attached to an aromatic ring is 1. The number of rotatable bonds is 2. The second-order valence-electron chi connectivity index (χ2n) is 4.59. The van der Waals surface area contributed by atoms with Crippen molar-refractivity contribution >= 4 is 28.1 Å². The van der Waals surface area contributed by atoms with Gasteiger partial charge in [-0.05, 0) is 48.9 Å². The summed E-state index contributed by atoms with van der Waals surface area (Å²) in [4.78, 5) is 4.65. The molecule has 0 aliphatic heterocycles. The van der Waals surface area contributed by atoms with Crippen LogP contribution in [-0.2, 0) is 0 Å². The highest BCUT2D eigenvalue weighted by Crippen LogP contribution is 2.23. The topological polar surface area (TPSA) is 50.9 Å². The zero-order chi connectivity index (χ0) is 13.2. The third-order valence-corrected chi connectivity index (χ3v) is 3.09. The van der Waals surface area contributed by atoms with E-state index in [1.54, 1.807) is 0 Å². The molecule has 3 nitrogen and oxygen atoms in total. The molecule has 0 atom stereocenters. The summed E-state index contributed by atoms with van der Waals surface area (Å²) >= 11 is 0. The molecule has 0 fully saturated rings. The van der Waals surface area contributed by atoms with Gasteiger partial charge >= 0.3 is 0 Å². The Balaban J connectivity index is 2.00. The van der Waals surface area contributed by atoms with E-state index in [-0.39, 0.29) is 0 Å². The molecular weight excluding hydrogens is 234 g/mol. The summed E-state index contributed by atoms with van der Waals surface area (Å²) in [6, 6.07) is 17.9. The smallest absolute Gasteiger partial charge is 0.134 e. The lowest BCUT2D eigenvalue weighted by atomic mass is 10.1.